The van der Waals surface area contributed by atoms with Crippen molar-refractivity contribution in [2.75, 3.05) is 5.32 Å². The number of thiazole rings is 1. The summed E-state index contributed by atoms with van der Waals surface area (Å²) in [6.07, 6.45) is 0.131. The van der Waals surface area contributed by atoms with Crippen LogP contribution in [0.15, 0.2) is 47.2 Å². The maximum atomic E-state index is 13.1. The Kier molecular flexibility index (Phi) is 4.08. The Morgan fingerprint density at radius 3 is 2.90 bits per heavy atom. The van der Waals surface area contributed by atoms with Gasteiger partial charge < -0.3 is 5.32 Å². The van der Waals surface area contributed by atoms with Crippen molar-refractivity contribution in [1.29, 1.82) is 0 Å². The number of anilines is 1. The van der Waals surface area contributed by atoms with Crippen LogP contribution in [0.2, 0.25) is 0 Å². The van der Waals surface area contributed by atoms with Crippen LogP contribution < -0.4 is 5.32 Å². The van der Waals surface area contributed by atoms with Gasteiger partial charge in [-0.05, 0) is 29.1 Å². The number of benzene rings is 1. The minimum atomic E-state index is -0.338. The van der Waals surface area contributed by atoms with E-state index in [1.165, 1.54) is 23.5 Å². The van der Waals surface area contributed by atoms with Crippen molar-refractivity contribution in [2.45, 2.75) is 6.42 Å². The van der Waals surface area contributed by atoms with Gasteiger partial charge in [0.25, 0.3) is 0 Å². The topological polar surface area (TPSA) is 42.0 Å². The standard InChI is InChI=1S/C15H11FN2OS2/c16-11-4-1-3-10(7-11)8-14(19)18-15-17-12(9-21-15)13-5-2-6-20-13/h1-7,9H,8H2,(H,17,18,19). The molecule has 6 heteroatoms. The van der Waals surface area contributed by atoms with Gasteiger partial charge in [-0.1, -0.05) is 18.2 Å². The number of nitrogens with one attached hydrogen (secondary N) is 1. The fourth-order valence-electron chi connectivity index (χ4n) is 1.86. The Bertz CT molecular complexity index is 753. The van der Waals surface area contributed by atoms with Gasteiger partial charge in [-0.25, -0.2) is 9.37 Å². The molecule has 21 heavy (non-hydrogen) atoms. The Morgan fingerprint density at radius 1 is 1.24 bits per heavy atom. The van der Waals surface area contributed by atoms with E-state index in [0.29, 0.717) is 10.7 Å². The highest BCUT2D eigenvalue weighted by atomic mass is 32.1. The lowest BCUT2D eigenvalue weighted by Gasteiger charge is -2.02. The van der Waals surface area contributed by atoms with Crippen LogP contribution in [0.5, 0.6) is 0 Å². The summed E-state index contributed by atoms with van der Waals surface area (Å²) in [7, 11) is 0. The van der Waals surface area contributed by atoms with Gasteiger partial charge in [-0.15, -0.1) is 22.7 Å². The molecular formula is C15H11FN2OS2. The van der Waals surface area contributed by atoms with E-state index in [9.17, 15) is 9.18 Å². The van der Waals surface area contributed by atoms with Crippen molar-refractivity contribution in [2.24, 2.45) is 0 Å². The number of amides is 1. The molecule has 0 bridgehead atoms. The van der Waals surface area contributed by atoms with Gasteiger partial charge in [0.05, 0.1) is 17.0 Å². The average molecular weight is 318 g/mol. The quantitative estimate of drug-likeness (QED) is 0.783. The van der Waals surface area contributed by atoms with E-state index in [0.717, 1.165) is 10.6 Å². The second kappa shape index (κ2) is 6.15. The van der Waals surface area contributed by atoms with Crippen LogP contribution >= 0.6 is 22.7 Å². The number of hydrogen-bond donors (Lipinski definition) is 1. The van der Waals surface area contributed by atoms with Crippen molar-refractivity contribution in [3.63, 3.8) is 0 Å². The number of carbonyl (C=O) groups is 1. The Morgan fingerprint density at radius 2 is 2.14 bits per heavy atom. The number of aromatic nitrogens is 1. The van der Waals surface area contributed by atoms with E-state index >= 15 is 0 Å². The monoisotopic (exact) mass is 318 g/mol. The van der Waals surface area contributed by atoms with E-state index in [1.54, 1.807) is 23.5 Å². The van der Waals surface area contributed by atoms with Crippen molar-refractivity contribution in [3.8, 4) is 10.6 Å². The number of halogens is 1. The zero-order valence-electron chi connectivity index (χ0n) is 10.9. The van der Waals surface area contributed by atoms with Crippen LogP contribution in [-0.4, -0.2) is 10.9 Å². The van der Waals surface area contributed by atoms with Crippen molar-refractivity contribution in [3.05, 3.63) is 58.5 Å². The molecule has 0 radical (unpaired) electrons. The van der Waals surface area contributed by atoms with Gasteiger partial charge >= 0.3 is 0 Å². The van der Waals surface area contributed by atoms with E-state index < -0.39 is 0 Å². The van der Waals surface area contributed by atoms with Crippen LogP contribution in [0, 0.1) is 5.82 Å². The van der Waals surface area contributed by atoms with E-state index in [4.69, 9.17) is 0 Å². The molecule has 2 aromatic heterocycles. The molecule has 3 aromatic rings. The molecule has 0 unspecified atom stereocenters. The number of thiophene rings is 1. The highest BCUT2D eigenvalue weighted by Crippen LogP contribution is 2.28. The molecule has 0 aliphatic carbocycles. The van der Waals surface area contributed by atoms with Crippen LogP contribution in [0.3, 0.4) is 0 Å². The molecule has 0 saturated carbocycles. The predicted octanol–water partition coefficient (Wildman–Crippen LogP) is 4.19. The van der Waals surface area contributed by atoms with Crippen LogP contribution in [0.25, 0.3) is 10.6 Å². The third-order valence-electron chi connectivity index (χ3n) is 2.78. The summed E-state index contributed by atoms with van der Waals surface area (Å²) in [5.74, 6) is -0.540. The lowest BCUT2D eigenvalue weighted by atomic mass is 10.1. The molecule has 0 saturated heterocycles. The van der Waals surface area contributed by atoms with Crippen LogP contribution in [-0.2, 0) is 11.2 Å². The smallest absolute Gasteiger partial charge is 0.230 e. The number of hydrogen-bond acceptors (Lipinski definition) is 4. The molecule has 106 valence electrons. The van der Waals surface area contributed by atoms with Gasteiger partial charge in [0.15, 0.2) is 5.13 Å². The Balaban J connectivity index is 1.65. The SMILES string of the molecule is O=C(Cc1cccc(F)c1)Nc1nc(-c2cccs2)cs1. The van der Waals surface area contributed by atoms with Crippen molar-refractivity contribution in [1.82, 2.24) is 4.98 Å². The second-order valence-electron chi connectivity index (χ2n) is 4.37. The van der Waals surface area contributed by atoms with E-state index in [-0.39, 0.29) is 18.1 Å². The van der Waals surface area contributed by atoms with Crippen LogP contribution in [0.1, 0.15) is 5.56 Å². The summed E-state index contributed by atoms with van der Waals surface area (Å²) >= 11 is 2.98. The molecule has 0 atom stereocenters. The minimum absolute atomic E-state index is 0.131. The molecule has 0 aliphatic rings. The average Bonchev–Trinajstić information content (AvgIpc) is 3.08. The molecule has 0 aliphatic heterocycles. The van der Waals surface area contributed by atoms with E-state index in [1.807, 2.05) is 22.9 Å². The first-order chi connectivity index (χ1) is 10.2. The molecule has 0 spiro atoms. The first-order valence-corrected chi connectivity index (χ1v) is 8.00. The molecule has 3 nitrogen and oxygen atoms in total. The number of carbonyl (C=O) groups excluding carboxylic acids is 1. The first-order valence-electron chi connectivity index (χ1n) is 6.24. The fraction of sp³-hybridized carbons (Fsp3) is 0.0667. The summed E-state index contributed by atoms with van der Waals surface area (Å²) < 4.78 is 13.1. The lowest BCUT2D eigenvalue weighted by molar-refractivity contribution is -0.115. The molecule has 1 N–H and O–H groups in total. The summed E-state index contributed by atoms with van der Waals surface area (Å²) in [5, 5.41) is 7.19. The summed E-state index contributed by atoms with van der Waals surface area (Å²) in [4.78, 5) is 17.4. The largest absolute Gasteiger partial charge is 0.302 e. The fourth-order valence-corrected chi connectivity index (χ4v) is 3.35. The summed E-state index contributed by atoms with van der Waals surface area (Å²) in [5.41, 5.74) is 1.50. The highest BCUT2D eigenvalue weighted by molar-refractivity contribution is 7.16. The first kappa shape index (κ1) is 13.9. The summed E-state index contributed by atoms with van der Waals surface area (Å²) in [6, 6.07) is 9.98. The van der Waals surface area contributed by atoms with Gasteiger partial charge in [-0.3, -0.25) is 4.79 Å². The lowest BCUT2D eigenvalue weighted by Crippen LogP contribution is -2.14. The zero-order valence-corrected chi connectivity index (χ0v) is 12.5. The highest BCUT2D eigenvalue weighted by Gasteiger charge is 2.09. The van der Waals surface area contributed by atoms with Gasteiger partial charge in [0.1, 0.15) is 5.82 Å². The predicted molar refractivity (Wildman–Crippen MR) is 84.2 cm³/mol. The normalized spacial score (nSPS) is 10.5. The third-order valence-corrected chi connectivity index (χ3v) is 4.43. The maximum absolute atomic E-state index is 13.1. The zero-order chi connectivity index (χ0) is 14.7. The molecule has 3 rings (SSSR count). The molecule has 1 amide bonds. The Labute approximate surface area is 129 Å². The molecule has 2 heterocycles. The van der Waals surface area contributed by atoms with Crippen molar-refractivity contribution >= 4 is 33.7 Å². The molecule has 1 aromatic carbocycles. The van der Waals surface area contributed by atoms with Gasteiger partial charge in [0, 0.05) is 5.38 Å². The number of rotatable bonds is 4. The molecule has 0 fully saturated rings. The van der Waals surface area contributed by atoms with Crippen molar-refractivity contribution < 1.29 is 9.18 Å². The minimum Gasteiger partial charge on any atom is -0.302 e. The third kappa shape index (κ3) is 3.53. The van der Waals surface area contributed by atoms with Gasteiger partial charge in [0.2, 0.25) is 5.91 Å². The molecular weight excluding hydrogens is 307 g/mol. The van der Waals surface area contributed by atoms with Gasteiger partial charge in [-0.2, -0.15) is 0 Å². The summed E-state index contributed by atoms with van der Waals surface area (Å²) in [6.45, 7) is 0. The van der Waals surface area contributed by atoms with Crippen LogP contribution in [0.4, 0.5) is 9.52 Å². The maximum Gasteiger partial charge on any atom is 0.230 e. The van der Waals surface area contributed by atoms with E-state index in [2.05, 4.69) is 10.3 Å². The number of nitrogens with zero attached hydrogens (tertiary/aromatic N) is 1. The second-order valence-corrected chi connectivity index (χ2v) is 6.18. The Hall–Kier alpha value is -2.05.